The van der Waals surface area contributed by atoms with E-state index in [1.54, 1.807) is 4.90 Å². The maximum absolute atomic E-state index is 11.7. The minimum absolute atomic E-state index is 0.190. The molecule has 126 valence electrons. The second-order valence-corrected chi connectivity index (χ2v) is 6.03. The maximum atomic E-state index is 11.7. The SMILES string of the molecule is CCOC(=O)N1CCN(Cc2ccc(-c3ccccc3)cc2)CC1. The Morgan fingerprint density at radius 2 is 1.54 bits per heavy atom. The van der Waals surface area contributed by atoms with Gasteiger partial charge in [-0.05, 0) is 23.6 Å². The number of ether oxygens (including phenoxy) is 1. The number of hydrogen-bond acceptors (Lipinski definition) is 3. The lowest BCUT2D eigenvalue weighted by Gasteiger charge is -2.34. The minimum Gasteiger partial charge on any atom is -0.450 e. The van der Waals surface area contributed by atoms with Gasteiger partial charge in [-0.3, -0.25) is 4.90 Å². The Labute approximate surface area is 143 Å². The normalized spacial score (nSPS) is 15.3. The van der Waals surface area contributed by atoms with Crippen LogP contribution in [0.25, 0.3) is 11.1 Å². The van der Waals surface area contributed by atoms with Gasteiger partial charge in [-0.15, -0.1) is 0 Å². The molecule has 0 aromatic heterocycles. The van der Waals surface area contributed by atoms with Crippen LogP contribution >= 0.6 is 0 Å². The number of amides is 1. The van der Waals surface area contributed by atoms with E-state index in [0.717, 1.165) is 32.7 Å². The van der Waals surface area contributed by atoms with E-state index in [1.807, 2.05) is 13.0 Å². The molecule has 1 heterocycles. The van der Waals surface area contributed by atoms with Crippen LogP contribution in [0, 0.1) is 0 Å². The Morgan fingerprint density at radius 1 is 0.917 bits per heavy atom. The highest BCUT2D eigenvalue weighted by Gasteiger charge is 2.21. The number of carbonyl (C=O) groups excluding carboxylic acids is 1. The van der Waals surface area contributed by atoms with E-state index in [2.05, 4.69) is 53.4 Å². The van der Waals surface area contributed by atoms with Gasteiger partial charge in [0.15, 0.2) is 0 Å². The highest BCUT2D eigenvalue weighted by Crippen LogP contribution is 2.20. The average molecular weight is 324 g/mol. The fraction of sp³-hybridized carbons (Fsp3) is 0.350. The van der Waals surface area contributed by atoms with Crippen LogP contribution in [0.5, 0.6) is 0 Å². The van der Waals surface area contributed by atoms with Crippen molar-refractivity contribution in [3.63, 3.8) is 0 Å². The van der Waals surface area contributed by atoms with Crippen LogP contribution < -0.4 is 0 Å². The van der Waals surface area contributed by atoms with Gasteiger partial charge in [0.05, 0.1) is 6.61 Å². The number of rotatable bonds is 4. The molecule has 24 heavy (non-hydrogen) atoms. The molecule has 0 bridgehead atoms. The number of benzene rings is 2. The predicted molar refractivity (Wildman–Crippen MR) is 95.8 cm³/mol. The molecule has 0 N–H and O–H groups in total. The number of hydrogen-bond donors (Lipinski definition) is 0. The van der Waals surface area contributed by atoms with Gasteiger partial charge in [0.2, 0.25) is 0 Å². The van der Waals surface area contributed by atoms with Gasteiger partial charge in [0, 0.05) is 32.7 Å². The Morgan fingerprint density at radius 3 is 2.17 bits per heavy atom. The van der Waals surface area contributed by atoms with Crippen LogP contribution in [0.3, 0.4) is 0 Å². The maximum Gasteiger partial charge on any atom is 0.409 e. The van der Waals surface area contributed by atoms with Gasteiger partial charge < -0.3 is 9.64 Å². The molecule has 0 radical (unpaired) electrons. The largest absolute Gasteiger partial charge is 0.450 e. The van der Waals surface area contributed by atoms with Crippen molar-refractivity contribution >= 4 is 6.09 Å². The molecular formula is C20H24N2O2. The third kappa shape index (κ3) is 4.15. The first-order chi connectivity index (χ1) is 11.8. The van der Waals surface area contributed by atoms with Crippen molar-refractivity contribution in [2.45, 2.75) is 13.5 Å². The summed E-state index contributed by atoms with van der Waals surface area (Å²) in [5.41, 5.74) is 3.79. The third-order valence-electron chi connectivity index (χ3n) is 4.37. The molecule has 0 unspecified atom stereocenters. The van der Waals surface area contributed by atoms with Crippen LogP contribution in [-0.2, 0) is 11.3 Å². The molecule has 0 aliphatic carbocycles. The highest BCUT2D eigenvalue weighted by atomic mass is 16.6. The molecule has 1 aliphatic heterocycles. The lowest BCUT2D eigenvalue weighted by molar-refractivity contribution is 0.0778. The molecule has 2 aromatic carbocycles. The minimum atomic E-state index is -0.190. The van der Waals surface area contributed by atoms with Crippen molar-refractivity contribution in [2.75, 3.05) is 32.8 Å². The van der Waals surface area contributed by atoms with Crippen LogP contribution in [0.1, 0.15) is 12.5 Å². The van der Waals surface area contributed by atoms with Crippen molar-refractivity contribution in [3.8, 4) is 11.1 Å². The first-order valence-corrected chi connectivity index (χ1v) is 8.54. The van der Waals surface area contributed by atoms with E-state index in [-0.39, 0.29) is 6.09 Å². The summed E-state index contributed by atoms with van der Waals surface area (Å²) in [4.78, 5) is 15.9. The molecule has 2 aromatic rings. The fourth-order valence-electron chi connectivity index (χ4n) is 2.99. The van der Waals surface area contributed by atoms with E-state index in [9.17, 15) is 4.79 Å². The molecule has 4 heteroatoms. The van der Waals surface area contributed by atoms with E-state index in [1.165, 1.54) is 16.7 Å². The van der Waals surface area contributed by atoms with Gasteiger partial charge in [0.25, 0.3) is 0 Å². The Kier molecular flexibility index (Phi) is 5.49. The van der Waals surface area contributed by atoms with Crippen molar-refractivity contribution in [1.29, 1.82) is 0 Å². The van der Waals surface area contributed by atoms with Crippen LogP contribution in [-0.4, -0.2) is 48.7 Å². The zero-order valence-corrected chi connectivity index (χ0v) is 14.1. The first-order valence-electron chi connectivity index (χ1n) is 8.54. The van der Waals surface area contributed by atoms with Gasteiger partial charge in [0.1, 0.15) is 0 Å². The molecule has 4 nitrogen and oxygen atoms in total. The van der Waals surface area contributed by atoms with Gasteiger partial charge in [-0.1, -0.05) is 54.6 Å². The first kappa shape index (κ1) is 16.5. The summed E-state index contributed by atoms with van der Waals surface area (Å²) in [7, 11) is 0. The van der Waals surface area contributed by atoms with Crippen molar-refractivity contribution in [3.05, 3.63) is 60.2 Å². The van der Waals surface area contributed by atoms with E-state index >= 15 is 0 Å². The molecular weight excluding hydrogens is 300 g/mol. The smallest absolute Gasteiger partial charge is 0.409 e. The van der Waals surface area contributed by atoms with E-state index < -0.39 is 0 Å². The van der Waals surface area contributed by atoms with E-state index in [4.69, 9.17) is 4.74 Å². The van der Waals surface area contributed by atoms with Crippen molar-refractivity contribution < 1.29 is 9.53 Å². The number of piperazine rings is 1. The lowest BCUT2D eigenvalue weighted by Crippen LogP contribution is -2.48. The number of nitrogens with zero attached hydrogens (tertiary/aromatic N) is 2. The summed E-state index contributed by atoms with van der Waals surface area (Å²) < 4.78 is 5.06. The van der Waals surface area contributed by atoms with Gasteiger partial charge in [-0.2, -0.15) is 0 Å². The Balaban J connectivity index is 1.53. The second-order valence-electron chi connectivity index (χ2n) is 6.03. The molecule has 1 amide bonds. The monoisotopic (exact) mass is 324 g/mol. The lowest BCUT2D eigenvalue weighted by atomic mass is 10.0. The topological polar surface area (TPSA) is 32.8 Å². The summed E-state index contributed by atoms with van der Waals surface area (Å²) in [6, 6.07) is 19.2. The van der Waals surface area contributed by atoms with E-state index in [0.29, 0.717) is 6.61 Å². The van der Waals surface area contributed by atoms with Gasteiger partial charge >= 0.3 is 6.09 Å². The van der Waals surface area contributed by atoms with Crippen molar-refractivity contribution in [1.82, 2.24) is 9.80 Å². The molecule has 3 rings (SSSR count). The molecule has 1 saturated heterocycles. The van der Waals surface area contributed by atoms with Crippen LogP contribution in [0.4, 0.5) is 4.79 Å². The predicted octanol–water partition coefficient (Wildman–Crippen LogP) is 3.63. The summed E-state index contributed by atoms with van der Waals surface area (Å²) >= 11 is 0. The highest BCUT2D eigenvalue weighted by molar-refractivity contribution is 5.67. The summed E-state index contributed by atoms with van der Waals surface area (Å²) in [6.45, 7) is 6.45. The fourth-order valence-corrected chi connectivity index (χ4v) is 2.99. The van der Waals surface area contributed by atoms with Crippen LogP contribution in [0.2, 0.25) is 0 Å². The second kappa shape index (κ2) is 7.97. The summed E-state index contributed by atoms with van der Waals surface area (Å²) in [5, 5.41) is 0. The molecule has 0 spiro atoms. The molecule has 1 aliphatic rings. The molecule has 1 fully saturated rings. The standard InChI is InChI=1S/C20H24N2O2/c1-2-24-20(23)22-14-12-21(13-15-22)16-17-8-10-19(11-9-17)18-6-4-3-5-7-18/h3-11H,2,12-16H2,1H3. The third-order valence-corrected chi connectivity index (χ3v) is 4.37. The van der Waals surface area contributed by atoms with Gasteiger partial charge in [-0.25, -0.2) is 4.79 Å². The quantitative estimate of drug-likeness (QED) is 0.861. The Bertz CT molecular complexity index is 647. The molecule has 0 atom stereocenters. The molecule has 0 saturated carbocycles. The zero-order valence-electron chi connectivity index (χ0n) is 14.1. The average Bonchev–Trinajstić information content (AvgIpc) is 2.64. The summed E-state index contributed by atoms with van der Waals surface area (Å²) in [5.74, 6) is 0. The zero-order chi connectivity index (χ0) is 16.8. The Hall–Kier alpha value is -2.33. The van der Waals surface area contributed by atoms with Crippen molar-refractivity contribution in [2.24, 2.45) is 0 Å². The summed E-state index contributed by atoms with van der Waals surface area (Å²) in [6.07, 6.45) is -0.190. The van der Waals surface area contributed by atoms with Crippen LogP contribution in [0.15, 0.2) is 54.6 Å². The number of carbonyl (C=O) groups is 1.